The molecular weight excluding hydrogens is 596 g/mol. The Bertz CT molecular complexity index is 1420. The number of nitrogens with zero attached hydrogens (tertiary/aromatic N) is 2. The third-order valence-corrected chi connectivity index (χ3v) is 8.54. The molecule has 2 aromatic rings. The number of carbonyl (C=O) groups is 2. The van der Waals surface area contributed by atoms with Crippen molar-refractivity contribution < 1.29 is 34.6 Å². The summed E-state index contributed by atoms with van der Waals surface area (Å²) in [5.74, 6) is 0.513. The Morgan fingerprint density at radius 2 is 1.87 bits per heavy atom. The lowest BCUT2D eigenvalue weighted by Gasteiger charge is -2.33. The highest BCUT2D eigenvalue weighted by molar-refractivity contribution is 6.30. The Kier molecular flexibility index (Phi) is 11.2. The summed E-state index contributed by atoms with van der Waals surface area (Å²) in [6.45, 7) is 7.51. The topological polar surface area (TPSA) is 140 Å². The van der Waals surface area contributed by atoms with E-state index in [1.54, 1.807) is 37.3 Å². The van der Waals surface area contributed by atoms with E-state index in [0.29, 0.717) is 54.4 Å². The zero-order valence-corrected chi connectivity index (χ0v) is 27.6. The highest BCUT2D eigenvalue weighted by atomic mass is 35.5. The van der Waals surface area contributed by atoms with Crippen LogP contribution in [-0.4, -0.2) is 67.3 Å². The lowest BCUT2D eigenvalue weighted by atomic mass is 9.90. The van der Waals surface area contributed by atoms with E-state index < -0.39 is 18.2 Å². The molecule has 244 valence electrons. The van der Waals surface area contributed by atoms with E-state index in [2.05, 4.69) is 26.5 Å². The van der Waals surface area contributed by atoms with Gasteiger partial charge in [-0.3, -0.25) is 19.9 Å². The highest BCUT2D eigenvalue weighted by Crippen LogP contribution is 2.45. The fourth-order valence-electron chi connectivity index (χ4n) is 6.25. The Labute approximate surface area is 270 Å². The largest absolute Gasteiger partial charge is 0.493 e. The number of benzene rings is 2. The molecule has 3 atom stereocenters. The molecule has 1 fully saturated rings. The second kappa shape index (κ2) is 14.7. The van der Waals surface area contributed by atoms with E-state index >= 15 is 0 Å². The number of methoxy groups -OCH3 is 2. The predicted molar refractivity (Wildman–Crippen MR) is 174 cm³/mol. The minimum Gasteiger partial charge on any atom is -0.493 e. The van der Waals surface area contributed by atoms with Crippen molar-refractivity contribution in [3.8, 4) is 11.5 Å². The molecule has 0 saturated carbocycles. The lowest BCUT2D eigenvalue weighted by molar-refractivity contribution is -0.421. The molecule has 1 amide bonds. The van der Waals surface area contributed by atoms with Crippen LogP contribution in [0.25, 0.3) is 0 Å². The van der Waals surface area contributed by atoms with Crippen molar-refractivity contribution in [2.75, 3.05) is 32.2 Å². The second-order valence-electron chi connectivity index (χ2n) is 13.0. The number of piperidine rings is 1. The number of hydrogen-bond donors (Lipinski definition) is 3. The van der Waals surface area contributed by atoms with Gasteiger partial charge in [-0.15, -0.1) is 0 Å². The molecule has 5 N–H and O–H groups in total. The predicted octanol–water partition coefficient (Wildman–Crippen LogP) is 5.29. The van der Waals surface area contributed by atoms with Crippen LogP contribution >= 0.6 is 11.6 Å². The normalized spacial score (nSPS) is 20.1. The van der Waals surface area contributed by atoms with E-state index in [-0.39, 0.29) is 42.1 Å². The van der Waals surface area contributed by atoms with Gasteiger partial charge >= 0.3 is 5.97 Å². The number of rotatable bonds is 10. The molecule has 2 unspecified atom stereocenters. The molecule has 0 aromatic heterocycles. The Morgan fingerprint density at radius 3 is 2.49 bits per heavy atom. The van der Waals surface area contributed by atoms with Crippen molar-refractivity contribution in [3.63, 3.8) is 0 Å². The first-order valence-electron chi connectivity index (χ1n) is 15.4. The van der Waals surface area contributed by atoms with E-state index in [0.717, 1.165) is 11.3 Å². The summed E-state index contributed by atoms with van der Waals surface area (Å²) in [4.78, 5) is 27.9. The summed E-state index contributed by atoms with van der Waals surface area (Å²) in [6, 6.07) is 11.2. The molecule has 11 heteroatoms. The maximum atomic E-state index is 13.1. The van der Waals surface area contributed by atoms with E-state index in [9.17, 15) is 15.0 Å². The molecule has 0 bridgehead atoms. The molecule has 4 rings (SSSR count). The number of ether oxygens (including phenoxy) is 3. The van der Waals surface area contributed by atoms with Gasteiger partial charge in [0.15, 0.2) is 17.7 Å². The van der Waals surface area contributed by atoms with Crippen LogP contribution in [0.2, 0.25) is 5.02 Å². The van der Waals surface area contributed by atoms with E-state index in [1.807, 2.05) is 35.2 Å². The fourth-order valence-corrected chi connectivity index (χ4v) is 6.43. The third-order valence-electron chi connectivity index (χ3n) is 8.31. The number of carboxylic acids is 1. The van der Waals surface area contributed by atoms with Crippen LogP contribution in [0.5, 0.6) is 11.5 Å². The monoisotopic (exact) mass is 641 g/mol. The molecule has 2 aromatic carbocycles. The maximum absolute atomic E-state index is 13.1. The first-order valence-corrected chi connectivity index (χ1v) is 15.7. The quantitative estimate of drug-likeness (QED) is 0.299. The Hall–Kier alpha value is -3.60. The van der Waals surface area contributed by atoms with Crippen molar-refractivity contribution in [3.05, 3.63) is 64.7 Å². The molecule has 10 nitrogen and oxygen atoms in total. The van der Waals surface area contributed by atoms with Crippen LogP contribution in [0.1, 0.15) is 70.1 Å². The van der Waals surface area contributed by atoms with Gasteiger partial charge in [-0.1, -0.05) is 56.7 Å². The van der Waals surface area contributed by atoms with Gasteiger partial charge in [0.2, 0.25) is 5.91 Å². The van der Waals surface area contributed by atoms with Crippen LogP contribution < -0.4 is 20.1 Å². The first kappa shape index (κ1) is 34.3. The van der Waals surface area contributed by atoms with Crippen molar-refractivity contribution in [1.29, 1.82) is 5.41 Å². The molecule has 1 saturated heterocycles. The lowest BCUT2D eigenvalue weighted by Crippen LogP contribution is -2.72. The average molecular weight is 642 g/mol. The number of aliphatic carboxylic acids is 1. The highest BCUT2D eigenvalue weighted by Gasteiger charge is 2.39. The van der Waals surface area contributed by atoms with Gasteiger partial charge in [0.25, 0.3) is 0 Å². The van der Waals surface area contributed by atoms with Crippen LogP contribution in [0.3, 0.4) is 0 Å². The number of hydrogen-bond acceptors (Lipinski definition) is 6. The molecular formula is C34H46ClN4O6+. The third kappa shape index (κ3) is 8.36. The minimum atomic E-state index is -0.824. The molecule has 2 aliphatic rings. The van der Waals surface area contributed by atoms with E-state index in [1.165, 1.54) is 0 Å². The zero-order chi connectivity index (χ0) is 32.9. The molecule has 2 heterocycles. The average Bonchev–Trinajstić information content (AvgIpc) is 3.09. The van der Waals surface area contributed by atoms with Gasteiger partial charge in [-0.25, -0.2) is 0 Å². The maximum Gasteiger partial charge on any atom is 0.303 e. The Balaban J connectivity index is 1.69. The van der Waals surface area contributed by atoms with Gasteiger partial charge in [0.1, 0.15) is 18.0 Å². The van der Waals surface area contributed by atoms with Crippen LogP contribution in [0.15, 0.2) is 48.6 Å². The number of carbonyl (C=O) groups excluding carboxylic acids is 1. The summed E-state index contributed by atoms with van der Waals surface area (Å²) in [5, 5.41) is 19.1. The smallest absolute Gasteiger partial charge is 0.303 e. The van der Waals surface area contributed by atoms with Crippen LogP contribution in [-0.2, 0) is 14.3 Å². The number of quaternary nitrogens is 1. The standard InChI is InChI=1S/C34H45ClN4O6/c1-34(2,3)20-28(36)39-25-13-12-22(35)19-24(25)31(23-8-6-9-26(43-4)32(23)44-5)45-27(33(39)37)10-7-11-29(40)38-16-14-21(15-17-38)18-30(41)42/h6-10,12-13,19,21,27-28,31,37H,11,14-18,20,36H2,1-5H3,(H,41,42)/p+1/b10-7+,37-33?/t27?,28?,31-/m1/s1. The van der Waals surface area contributed by atoms with Crippen molar-refractivity contribution in [2.45, 2.75) is 71.2 Å². The van der Waals surface area contributed by atoms with Gasteiger partial charge in [-0.2, -0.15) is 0 Å². The second-order valence-corrected chi connectivity index (χ2v) is 13.4. The summed E-state index contributed by atoms with van der Waals surface area (Å²) in [5.41, 5.74) is 6.66. The summed E-state index contributed by atoms with van der Waals surface area (Å²) in [7, 11) is 3.16. The number of carboxylic acid groups (broad SMARTS) is 1. The van der Waals surface area contributed by atoms with Crippen molar-refractivity contribution in [1.82, 2.24) is 4.90 Å². The summed E-state index contributed by atoms with van der Waals surface area (Å²) < 4.78 is 18.2. The number of para-hydroxylation sites is 1. The molecule has 45 heavy (non-hydrogen) atoms. The van der Waals surface area contributed by atoms with Gasteiger partial charge in [0.05, 0.1) is 19.9 Å². The number of nitrogens with one attached hydrogen (secondary N) is 1. The molecule has 0 aliphatic carbocycles. The van der Waals surface area contributed by atoms with Gasteiger partial charge < -0.3 is 30.0 Å². The number of likely N-dealkylation sites (tertiary alicyclic amines) is 1. The molecule has 0 spiro atoms. The number of amidine groups is 1. The number of amides is 1. The SMILES string of the molecule is COc1cccc([C@H]2OC(/C=C/CC(=O)N3CCC(CC(=O)O)CC3)C(=N)N(C([NH3+])CC(C)(C)C)c3ccc(Cl)cc32)c1OC. The molecule has 2 aliphatic heterocycles. The van der Waals surface area contributed by atoms with Crippen molar-refractivity contribution in [2.24, 2.45) is 11.3 Å². The zero-order valence-electron chi connectivity index (χ0n) is 26.8. The fraction of sp³-hybridized carbons (Fsp3) is 0.500. The first-order chi connectivity index (χ1) is 21.3. The number of anilines is 1. The number of fused-ring (bicyclic) bond motifs is 1. The van der Waals surface area contributed by atoms with Crippen molar-refractivity contribution >= 4 is 35.0 Å². The summed E-state index contributed by atoms with van der Waals surface area (Å²) in [6.07, 6.45) is 4.05. The van der Waals surface area contributed by atoms with Crippen LogP contribution in [0, 0.1) is 16.7 Å². The Morgan fingerprint density at radius 1 is 1.16 bits per heavy atom. The van der Waals surface area contributed by atoms with Crippen LogP contribution in [0.4, 0.5) is 5.69 Å². The number of halogens is 1. The van der Waals surface area contributed by atoms with Gasteiger partial charge in [-0.05, 0) is 48.4 Å². The van der Waals surface area contributed by atoms with E-state index in [4.69, 9.17) is 30.9 Å². The molecule has 0 radical (unpaired) electrons. The minimum absolute atomic E-state index is 0.0408. The van der Waals surface area contributed by atoms with Gasteiger partial charge in [0, 0.05) is 48.5 Å². The summed E-state index contributed by atoms with van der Waals surface area (Å²) >= 11 is 6.56.